The molecule has 0 bridgehead atoms. The van der Waals surface area contributed by atoms with Crippen LogP contribution in [-0.4, -0.2) is 20.8 Å². The first-order chi connectivity index (χ1) is 8.49. The summed E-state index contributed by atoms with van der Waals surface area (Å²) in [5.74, 6) is -0.102. The summed E-state index contributed by atoms with van der Waals surface area (Å²) in [7, 11) is -3.35. The standard InChI is InChI=1S/C12H18FNO3S/c13-11-7-3-4-8-12(11)17-9-5-1-2-6-10-18(14,15)16/h3-4,7-8H,1-2,5-6,9-10H2,(H2,14,15,16). The van der Waals surface area contributed by atoms with E-state index >= 15 is 0 Å². The molecule has 0 heterocycles. The molecule has 0 atom stereocenters. The smallest absolute Gasteiger partial charge is 0.209 e. The van der Waals surface area contributed by atoms with Crippen molar-refractivity contribution in [2.24, 2.45) is 5.14 Å². The zero-order valence-electron chi connectivity index (χ0n) is 10.1. The molecule has 2 N–H and O–H groups in total. The van der Waals surface area contributed by atoms with E-state index < -0.39 is 10.0 Å². The van der Waals surface area contributed by atoms with E-state index in [9.17, 15) is 12.8 Å². The van der Waals surface area contributed by atoms with E-state index in [0.29, 0.717) is 13.0 Å². The molecule has 1 rings (SSSR count). The van der Waals surface area contributed by atoms with Gasteiger partial charge in [-0.3, -0.25) is 0 Å². The summed E-state index contributed by atoms with van der Waals surface area (Å²) < 4.78 is 39.7. The van der Waals surface area contributed by atoms with E-state index in [2.05, 4.69) is 0 Å². The quantitative estimate of drug-likeness (QED) is 0.738. The molecule has 0 saturated heterocycles. The van der Waals surface area contributed by atoms with E-state index in [-0.39, 0.29) is 17.3 Å². The van der Waals surface area contributed by atoms with Gasteiger partial charge in [0.25, 0.3) is 0 Å². The van der Waals surface area contributed by atoms with Gasteiger partial charge in [0.05, 0.1) is 12.4 Å². The Labute approximate surface area is 107 Å². The second-order valence-corrected chi connectivity index (χ2v) is 5.79. The van der Waals surface area contributed by atoms with Crippen LogP contribution in [0, 0.1) is 5.82 Å². The number of rotatable bonds is 8. The molecular weight excluding hydrogens is 257 g/mol. The van der Waals surface area contributed by atoms with Gasteiger partial charge in [-0.15, -0.1) is 0 Å². The number of halogens is 1. The summed E-state index contributed by atoms with van der Waals surface area (Å²) >= 11 is 0. The Morgan fingerprint density at radius 3 is 2.44 bits per heavy atom. The van der Waals surface area contributed by atoms with Crippen LogP contribution in [0.3, 0.4) is 0 Å². The molecule has 0 amide bonds. The minimum absolute atomic E-state index is 0.0151. The highest BCUT2D eigenvalue weighted by Gasteiger charge is 2.02. The van der Waals surface area contributed by atoms with Crippen LogP contribution in [0.4, 0.5) is 4.39 Å². The molecule has 0 fully saturated rings. The average Bonchev–Trinajstić information content (AvgIpc) is 2.28. The highest BCUT2D eigenvalue weighted by molar-refractivity contribution is 7.89. The molecule has 102 valence electrons. The first-order valence-electron chi connectivity index (χ1n) is 5.87. The van der Waals surface area contributed by atoms with Crippen molar-refractivity contribution in [1.29, 1.82) is 0 Å². The maximum atomic E-state index is 13.1. The predicted molar refractivity (Wildman–Crippen MR) is 68.3 cm³/mol. The van der Waals surface area contributed by atoms with Crippen molar-refractivity contribution in [3.8, 4) is 5.75 Å². The number of primary sulfonamides is 1. The molecule has 4 nitrogen and oxygen atoms in total. The van der Waals surface area contributed by atoms with Gasteiger partial charge in [0, 0.05) is 0 Å². The summed E-state index contributed by atoms with van der Waals surface area (Å²) in [6.07, 6.45) is 2.93. The Bertz CT molecular complexity index is 462. The van der Waals surface area contributed by atoms with Crippen LogP contribution in [0.2, 0.25) is 0 Å². The number of unbranched alkanes of at least 4 members (excludes halogenated alkanes) is 3. The monoisotopic (exact) mass is 275 g/mol. The van der Waals surface area contributed by atoms with Gasteiger partial charge >= 0.3 is 0 Å². The molecule has 0 aromatic heterocycles. The molecule has 0 unspecified atom stereocenters. The van der Waals surface area contributed by atoms with Crippen molar-refractivity contribution in [2.75, 3.05) is 12.4 Å². The number of benzene rings is 1. The van der Waals surface area contributed by atoms with Crippen LogP contribution in [0.15, 0.2) is 24.3 Å². The van der Waals surface area contributed by atoms with Crippen LogP contribution in [0.5, 0.6) is 5.75 Å². The summed E-state index contributed by atoms with van der Waals surface area (Å²) in [6, 6.07) is 6.25. The fourth-order valence-corrected chi connectivity index (χ4v) is 2.11. The Kier molecular flexibility index (Phi) is 6.07. The third kappa shape index (κ3) is 6.56. The molecule has 0 aliphatic rings. The Morgan fingerprint density at radius 2 is 1.78 bits per heavy atom. The van der Waals surface area contributed by atoms with Gasteiger partial charge in [-0.25, -0.2) is 17.9 Å². The zero-order valence-corrected chi connectivity index (χ0v) is 11.0. The summed E-state index contributed by atoms with van der Waals surface area (Å²) in [6.45, 7) is 0.427. The van der Waals surface area contributed by atoms with Gasteiger partial charge < -0.3 is 4.74 Å². The lowest BCUT2D eigenvalue weighted by atomic mass is 10.2. The van der Waals surface area contributed by atoms with Crippen LogP contribution >= 0.6 is 0 Å². The van der Waals surface area contributed by atoms with Gasteiger partial charge in [0.2, 0.25) is 10.0 Å². The van der Waals surface area contributed by atoms with Crippen LogP contribution < -0.4 is 9.88 Å². The van der Waals surface area contributed by atoms with E-state index in [1.54, 1.807) is 18.2 Å². The molecule has 1 aromatic rings. The fourth-order valence-electron chi connectivity index (χ4n) is 1.50. The Balaban J connectivity index is 2.08. The highest BCUT2D eigenvalue weighted by atomic mass is 32.2. The summed E-state index contributed by atoms with van der Waals surface area (Å²) in [5, 5.41) is 4.87. The lowest BCUT2D eigenvalue weighted by Crippen LogP contribution is -2.16. The molecule has 0 spiro atoms. The highest BCUT2D eigenvalue weighted by Crippen LogP contribution is 2.15. The number of nitrogens with two attached hydrogens (primary N) is 1. The van der Waals surface area contributed by atoms with Gasteiger partial charge in [0.1, 0.15) is 0 Å². The molecule has 18 heavy (non-hydrogen) atoms. The summed E-state index contributed by atoms with van der Waals surface area (Å²) in [4.78, 5) is 0. The third-order valence-corrected chi connectivity index (χ3v) is 3.28. The lowest BCUT2D eigenvalue weighted by molar-refractivity contribution is 0.290. The molecule has 6 heteroatoms. The van der Waals surface area contributed by atoms with E-state index in [1.807, 2.05) is 0 Å². The lowest BCUT2D eigenvalue weighted by Gasteiger charge is -2.06. The predicted octanol–water partition coefficient (Wildman–Crippen LogP) is 2.05. The summed E-state index contributed by atoms with van der Waals surface area (Å²) in [5.41, 5.74) is 0. The van der Waals surface area contributed by atoms with Crippen LogP contribution in [0.1, 0.15) is 25.7 Å². The topological polar surface area (TPSA) is 69.4 Å². The number of ether oxygens (including phenoxy) is 1. The fraction of sp³-hybridized carbons (Fsp3) is 0.500. The third-order valence-electron chi connectivity index (χ3n) is 2.42. The van der Waals surface area contributed by atoms with Gasteiger partial charge in [0.15, 0.2) is 11.6 Å². The van der Waals surface area contributed by atoms with Crippen molar-refractivity contribution in [2.45, 2.75) is 25.7 Å². The molecule has 0 aliphatic carbocycles. The largest absolute Gasteiger partial charge is 0.491 e. The Hall–Kier alpha value is -1.14. The normalized spacial score (nSPS) is 11.4. The SMILES string of the molecule is NS(=O)(=O)CCCCCCOc1ccccc1F. The maximum Gasteiger partial charge on any atom is 0.209 e. The van der Waals surface area contributed by atoms with E-state index in [4.69, 9.17) is 9.88 Å². The van der Waals surface area contributed by atoms with Crippen molar-refractivity contribution in [3.63, 3.8) is 0 Å². The van der Waals surface area contributed by atoms with Crippen molar-refractivity contribution in [3.05, 3.63) is 30.1 Å². The number of hydrogen-bond acceptors (Lipinski definition) is 3. The molecular formula is C12H18FNO3S. The first kappa shape index (κ1) is 14.9. The second-order valence-electron chi connectivity index (χ2n) is 4.06. The zero-order chi connectivity index (χ0) is 13.4. The van der Waals surface area contributed by atoms with Crippen molar-refractivity contribution < 1.29 is 17.5 Å². The minimum Gasteiger partial charge on any atom is -0.491 e. The second kappa shape index (κ2) is 7.33. The van der Waals surface area contributed by atoms with Crippen molar-refractivity contribution in [1.82, 2.24) is 0 Å². The number of hydrogen-bond donors (Lipinski definition) is 1. The molecule has 1 aromatic carbocycles. The maximum absolute atomic E-state index is 13.1. The van der Waals surface area contributed by atoms with Crippen LogP contribution in [-0.2, 0) is 10.0 Å². The Morgan fingerprint density at radius 1 is 1.11 bits per heavy atom. The molecule has 0 saturated carbocycles. The van der Waals surface area contributed by atoms with E-state index in [1.165, 1.54) is 6.07 Å². The van der Waals surface area contributed by atoms with Crippen molar-refractivity contribution >= 4 is 10.0 Å². The van der Waals surface area contributed by atoms with Gasteiger partial charge in [-0.05, 0) is 25.0 Å². The van der Waals surface area contributed by atoms with E-state index in [0.717, 1.165) is 19.3 Å². The molecule has 0 aliphatic heterocycles. The average molecular weight is 275 g/mol. The van der Waals surface area contributed by atoms with Gasteiger partial charge in [-0.2, -0.15) is 0 Å². The first-order valence-corrected chi connectivity index (χ1v) is 7.58. The van der Waals surface area contributed by atoms with Crippen LogP contribution in [0.25, 0.3) is 0 Å². The number of sulfonamides is 1. The molecule has 0 radical (unpaired) electrons. The number of para-hydroxylation sites is 1. The van der Waals surface area contributed by atoms with Gasteiger partial charge in [-0.1, -0.05) is 25.0 Å². The minimum atomic E-state index is -3.35.